The van der Waals surface area contributed by atoms with Gasteiger partial charge in [-0.2, -0.15) is 0 Å². The van der Waals surface area contributed by atoms with Crippen LogP contribution in [-0.2, 0) is 9.59 Å². The van der Waals surface area contributed by atoms with Crippen molar-refractivity contribution >= 4 is 11.8 Å². The van der Waals surface area contributed by atoms with Crippen molar-refractivity contribution in [2.45, 2.75) is 19.8 Å². The molecule has 0 aromatic heterocycles. The number of nitrogens with two attached hydrogens (primary N) is 1. The number of rotatable bonds is 3. The van der Waals surface area contributed by atoms with E-state index in [0.29, 0.717) is 4.90 Å². The van der Waals surface area contributed by atoms with Gasteiger partial charge in [-0.05, 0) is 5.41 Å². The van der Waals surface area contributed by atoms with Crippen LogP contribution in [0.3, 0.4) is 0 Å². The fraction of sp³-hybridized carbons (Fsp3) is 0.800. The molecule has 1 heterocycles. The molecule has 2 fully saturated rings. The van der Waals surface area contributed by atoms with Crippen LogP contribution < -0.4 is 5.73 Å². The third-order valence-corrected chi connectivity index (χ3v) is 3.58. The maximum atomic E-state index is 13.0. The van der Waals surface area contributed by atoms with E-state index in [1.165, 1.54) is 0 Å². The molecule has 6 heteroatoms. The van der Waals surface area contributed by atoms with Gasteiger partial charge in [-0.25, -0.2) is 8.78 Å². The van der Waals surface area contributed by atoms with Crippen molar-refractivity contribution < 1.29 is 18.4 Å². The molecular formula is C10H14F2N2O2. The Labute approximate surface area is 91.8 Å². The first-order chi connectivity index (χ1) is 7.22. The summed E-state index contributed by atoms with van der Waals surface area (Å²) in [6.07, 6.45) is 0. The molecule has 2 unspecified atom stereocenters. The first-order valence-corrected chi connectivity index (χ1v) is 5.15. The van der Waals surface area contributed by atoms with Gasteiger partial charge < -0.3 is 5.73 Å². The average molecular weight is 232 g/mol. The third kappa shape index (κ3) is 1.36. The van der Waals surface area contributed by atoms with E-state index in [0.717, 1.165) is 0 Å². The summed E-state index contributed by atoms with van der Waals surface area (Å²) in [7, 11) is 0. The SMILES string of the molecule is CC1(C)C2C(=O)N(CC(F)(F)CN)C(=O)C21. The first-order valence-electron chi connectivity index (χ1n) is 5.15. The van der Waals surface area contributed by atoms with Gasteiger partial charge in [0.25, 0.3) is 5.92 Å². The summed E-state index contributed by atoms with van der Waals surface area (Å²) in [5, 5.41) is 0. The monoisotopic (exact) mass is 232 g/mol. The van der Waals surface area contributed by atoms with Crippen LogP contribution in [0.15, 0.2) is 0 Å². The molecule has 4 nitrogen and oxygen atoms in total. The van der Waals surface area contributed by atoms with Gasteiger partial charge in [-0.15, -0.1) is 0 Å². The number of imide groups is 1. The first kappa shape index (κ1) is 11.4. The predicted octanol–water partition coefficient (Wildman–Crippen LogP) is 0.221. The third-order valence-electron chi connectivity index (χ3n) is 3.58. The number of hydrogen-bond acceptors (Lipinski definition) is 3. The molecule has 2 amide bonds. The normalized spacial score (nSPS) is 31.9. The van der Waals surface area contributed by atoms with Crippen LogP contribution in [0.25, 0.3) is 0 Å². The number of halogens is 2. The minimum Gasteiger partial charge on any atom is -0.325 e. The van der Waals surface area contributed by atoms with Crippen LogP contribution in [-0.4, -0.2) is 35.7 Å². The minimum atomic E-state index is -3.19. The average Bonchev–Trinajstić information content (AvgIpc) is 2.65. The van der Waals surface area contributed by atoms with Crippen molar-refractivity contribution in [2.24, 2.45) is 23.0 Å². The Bertz CT molecular complexity index is 344. The zero-order valence-electron chi connectivity index (χ0n) is 9.17. The maximum absolute atomic E-state index is 13.0. The van der Waals surface area contributed by atoms with Crippen molar-refractivity contribution in [3.63, 3.8) is 0 Å². The number of hydrogen-bond donors (Lipinski definition) is 1. The number of alkyl halides is 2. The van der Waals surface area contributed by atoms with E-state index in [-0.39, 0.29) is 5.41 Å². The molecule has 2 aliphatic rings. The molecule has 0 radical (unpaired) electrons. The van der Waals surface area contributed by atoms with Crippen molar-refractivity contribution in [3.05, 3.63) is 0 Å². The van der Waals surface area contributed by atoms with Crippen molar-refractivity contribution in [3.8, 4) is 0 Å². The maximum Gasteiger partial charge on any atom is 0.277 e. The molecule has 1 saturated carbocycles. The van der Waals surface area contributed by atoms with Gasteiger partial charge in [-0.1, -0.05) is 13.8 Å². The van der Waals surface area contributed by atoms with Crippen molar-refractivity contribution in [1.82, 2.24) is 4.90 Å². The Morgan fingerprint density at radius 1 is 1.31 bits per heavy atom. The van der Waals surface area contributed by atoms with Gasteiger partial charge in [0.15, 0.2) is 0 Å². The van der Waals surface area contributed by atoms with E-state index in [2.05, 4.69) is 0 Å². The van der Waals surface area contributed by atoms with Crippen LogP contribution >= 0.6 is 0 Å². The number of carbonyl (C=O) groups is 2. The molecule has 0 aromatic rings. The molecule has 1 aliphatic carbocycles. The van der Waals surface area contributed by atoms with Gasteiger partial charge in [-0.3, -0.25) is 14.5 Å². The molecule has 2 atom stereocenters. The summed E-state index contributed by atoms with van der Waals surface area (Å²) in [5.74, 6) is -4.96. The van der Waals surface area contributed by atoms with Gasteiger partial charge in [0.1, 0.15) is 0 Å². The lowest BCUT2D eigenvalue weighted by molar-refractivity contribution is -0.148. The lowest BCUT2D eigenvalue weighted by atomic mass is 10.1. The van der Waals surface area contributed by atoms with Crippen LogP contribution in [0.1, 0.15) is 13.8 Å². The van der Waals surface area contributed by atoms with E-state index in [9.17, 15) is 18.4 Å². The van der Waals surface area contributed by atoms with Crippen LogP contribution in [0, 0.1) is 17.3 Å². The zero-order chi connectivity index (χ0) is 12.3. The zero-order valence-corrected chi connectivity index (χ0v) is 9.17. The second-order valence-corrected chi connectivity index (χ2v) is 5.10. The quantitative estimate of drug-likeness (QED) is 0.708. The minimum absolute atomic E-state index is 0.358. The smallest absolute Gasteiger partial charge is 0.277 e. The molecule has 1 aliphatic heterocycles. The summed E-state index contributed by atoms with van der Waals surface area (Å²) >= 11 is 0. The summed E-state index contributed by atoms with van der Waals surface area (Å²) in [6.45, 7) is 1.86. The highest BCUT2D eigenvalue weighted by Gasteiger charge is 2.72. The van der Waals surface area contributed by atoms with Crippen molar-refractivity contribution in [2.75, 3.05) is 13.1 Å². The highest BCUT2D eigenvalue weighted by atomic mass is 19.3. The van der Waals surface area contributed by atoms with Gasteiger partial charge >= 0.3 is 0 Å². The van der Waals surface area contributed by atoms with Gasteiger partial charge in [0.2, 0.25) is 11.8 Å². The number of likely N-dealkylation sites (tertiary alicyclic amines) is 1. The summed E-state index contributed by atoms with van der Waals surface area (Å²) in [5.41, 5.74) is 4.52. The molecule has 0 aromatic carbocycles. The Morgan fingerprint density at radius 2 is 1.75 bits per heavy atom. The molecule has 2 N–H and O–H groups in total. The Balaban J connectivity index is 2.12. The molecule has 90 valence electrons. The second kappa shape index (κ2) is 3.00. The van der Waals surface area contributed by atoms with E-state index in [4.69, 9.17) is 5.73 Å². The molecule has 2 rings (SSSR count). The largest absolute Gasteiger partial charge is 0.325 e. The topological polar surface area (TPSA) is 63.4 Å². The van der Waals surface area contributed by atoms with Crippen LogP contribution in [0.5, 0.6) is 0 Å². The predicted molar refractivity (Wildman–Crippen MR) is 51.5 cm³/mol. The van der Waals surface area contributed by atoms with Crippen LogP contribution in [0.2, 0.25) is 0 Å². The fourth-order valence-corrected chi connectivity index (χ4v) is 2.46. The molecular weight excluding hydrogens is 218 g/mol. The second-order valence-electron chi connectivity index (χ2n) is 5.10. The molecule has 16 heavy (non-hydrogen) atoms. The highest BCUT2D eigenvalue weighted by molar-refractivity contribution is 6.10. The molecule has 1 saturated heterocycles. The Hall–Kier alpha value is -1.04. The van der Waals surface area contributed by atoms with E-state index < -0.39 is 42.7 Å². The van der Waals surface area contributed by atoms with E-state index in [1.807, 2.05) is 0 Å². The number of amides is 2. The van der Waals surface area contributed by atoms with E-state index in [1.54, 1.807) is 13.8 Å². The summed E-state index contributed by atoms with van der Waals surface area (Å²) < 4.78 is 26.0. The van der Waals surface area contributed by atoms with Crippen LogP contribution in [0.4, 0.5) is 8.78 Å². The fourth-order valence-electron chi connectivity index (χ4n) is 2.46. The van der Waals surface area contributed by atoms with Crippen molar-refractivity contribution in [1.29, 1.82) is 0 Å². The Morgan fingerprint density at radius 3 is 2.12 bits per heavy atom. The highest BCUT2D eigenvalue weighted by Crippen LogP contribution is 2.63. The Kier molecular flexibility index (Phi) is 2.15. The standard InChI is InChI=1S/C10H14F2N2O2/c1-9(2)5-6(9)8(16)14(7(5)15)4-10(11,12)3-13/h5-6H,3-4,13H2,1-2H3. The number of piperidine rings is 1. The number of carbonyl (C=O) groups excluding carboxylic acids is 2. The molecule has 0 bridgehead atoms. The number of fused-ring (bicyclic) bond motifs is 1. The van der Waals surface area contributed by atoms with Gasteiger partial charge in [0, 0.05) is 0 Å². The lowest BCUT2D eigenvalue weighted by Gasteiger charge is -2.24. The summed E-state index contributed by atoms with van der Waals surface area (Å²) in [6, 6.07) is 0. The number of nitrogens with zero attached hydrogens (tertiary/aromatic N) is 1. The van der Waals surface area contributed by atoms with Gasteiger partial charge in [0.05, 0.1) is 24.9 Å². The van der Waals surface area contributed by atoms with E-state index >= 15 is 0 Å². The molecule has 0 spiro atoms. The summed E-state index contributed by atoms with van der Waals surface area (Å²) in [4.78, 5) is 24.1. The lowest BCUT2D eigenvalue weighted by Crippen LogP contribution is -2.46.